The van der Waals surface area contributed by atoms with Gasteiger partial charge in [-0.2, -0.15) is 0 Å². The quantitative estimate of drug-likeness (QED) is 0.613. The Morgan fingerprint density at radius 2 is 1.83 bits per heavy atom. The van der Waals surface area contributed by atoms with Crippen molar-refractivity contribution in [1.29, 1.82) is 0 Å². The molecule has 3 atom stereocenters. The second-order valence-electron chi connectivity index (χ2n) is 4.60. The lowest BCUT2D eigenvalue weighted by molar-refractivity contribution is -0.141. The van der Waals surface area contributed by atoms with Gasteiger partial charge in [-0.1, -0.05) is 6.92 Å². The van der Waals surface area contributed by atoms with E-state index in [4.69, 9.17) is 5.11 Å². The zero-order valence-electron chi connectivity index (χ0n) is 10.6. The first-order valence-electron chi connectivity index (χ1n) is 5.99. The number of hydrogen-bond acceptors (Lipinski definition) is 4. The lowest BCUT2D eigenvalue weighted by Crippen LogP contribution is -2.45. The molecule has 1 fully saturated rings. The predicted molar refractivity (Wildman–Crippen MR) is 63.0 cm³/mol. The van der Waals surface area contributed by atoms with Crippen LogP contribution in [0.2, 0.25) is 0 Å². The van der Waals surface area contributed by atoms with Gasteiger partial charge >= 0.3 is 12.0 Å². The number of carbonyl (C=O) groups is 2. The van der Waals surface area contributed by atoms with Crippen LogP contribution in [-0.2, 0) is 4.79 Å². The minimum absolute atomic E-state index is 0.0813. The molecule has 0 spiro atoms. The van der Waals surface area contributed by atoms with Crippen LogP contribution in [0.3, 0.4) is 0 Å². The summed E-state index contributed by atoms with van der Waals surface area (Å²) in [5, 5.41) is 27.6. The first-order chi connectivity index (χ1) is 8.36. The van der Waals surface area contributed by atoms with E-state index in [0.717, 1.165) is 0 Å². The molecule has 1 rings (SSSR count). The molecule has 104 valence electrons. The maximum atomic E-state index is 12.1. The van der Waals surface area contributed by atoms with Gasteiger partial charge < -0.3 is 25.1 Å². The van der Waals surface area contributed by atoms with E-state index in [1.807, 2.05) is 0 Å². The number of hydrogen-bond donors (Lipinski definition) is 3. The monoisotopic (exact) mass is 260 g/mol. The molecule has 0 bridgehead atoms. The second kappa shape index (κ2) is 6.01. The van der Waals surface area contributed by atoms with Crippen LogP contribution in [-0.4, -0.2) is 75.5 Å². The molecule has 18 heavy (non-hydrogen) atoms. The van der Waals surface area contributed by atoms with E-state index in [2.05, 4.69) is 0 Å². The Morgan fingerprint density at radius 3 is 2.22 bits per heavy atom. The number of β-amino-alcohol motifs (C(OH)–C–C–N with tert-alkyl or cyclic N) is 2. The molecule has 1 saturated heterocycles. The summed E-state index contributed by atoms with van der Waals surface area (Å²) in [7, 11) is 0. The van der Waals surface area contributed by atoms with Gasteiger partial charge in [-0.25, -0.2) is 4.79 Å². The van der Waals surface area contributed by atoms with Gasteiger partial charge in [0.1, 0.15) is 0 Å². The lowest BCUT2D eigenvalue weighted by Gasteiger charge is -2.28. The van der Waals surface area contributed by atoms with Crippen molar-refractivity contribution in [3.63, 3.8) is 0 Å². The molecule has 1 heterocycles. The summed E-state index contributed by atoms with van der Waals surface area (Å²) < 4.78 is 0. The molecule has 3 unspecified atom stereocenters. The molecule has 3 N–H and O–H groups in total. The fourth-order valence-electron chi connectivity index (χ4n) is 1.88. The standard InChI is InChI=1S/C11H20N2O5/c1-3-12(4-7(2)10(16)17)11(18)13-5-8(14)9(15)6-13/h7-9,14-15H,3-6H2,1-2H3,(H,16,17). The third-order valence-electron chi connectivity index (χ3n) is 3.10. The van der Waals surface area contributed by atoms with Gasteiger partial charge in [-0.3, -0.25) is 4.79 Å². The Morgan fingerprint density at radius 1 is 1.33 bits per heavy atom. The summed E-state index contributed by atoms with van der Waals surface area (Å²) in [4.78, 5) is 25.6. The number of rotatable bonds is 4. The van der Waals surface area contributed by atoms with E-state index in [0.29, 0.717) is 6.54 Å². The molecule has 7 heteroatoms. The summed E-state index contributed by atoms with van der Waals surface area (Å²) in [6.45, 7) is 3.96. The molecule has 1 aliphatic heterocycles. The Kier molecular flexibility index (Phi) is 4.92. The topological polar surface area (TPSA) is 101 Å². The third kappa shape index (κ3) is 3.33. The number of aliphatic carboxylic acids is 1. The molecule has 0 aromatic heterocycles. The van der Waals surface area contributed by atoms with Crippen LogP contribution < -0.4 is 0 Å². The normalized spacial score (nSPS) is 25.0. The number of urea groups is 1. The average Bonchev–Trinajstić information content (AvgIpc) is 2.65. The van der Waals surface area contributed by atoms with Crippen LogP contribution in [0.25, 0.3) is 0 Å². The Hall–Kier alpha value is -1.34. The van der Waals surface area contributed by atoms with Crippen molar-refractivity contribution in [2.24, 2.45) is 5.92 Å². The van der Waals surface area contributed by atoms with Gasteiger partial charge in [0.05, 0.1) is 31.2 Å². The maximum Gasteiger partial charge on any atom is 0.320 e. The highest BCUT2D eigenvalue weighted by Gasteiger charge is 2.34. The highest BCUT2D eigenvalue weighted by atomic mass is 16.4. The molecule has 0 aliphatic carbocycles. The van der Waals surface area contributed by atoms with Crippen molar-refractivity contribution in [2.75, 3.05) is 26.2 Å². The van der Waals surface area contributed by atoms with E-state index in [9.17, 15) is 19.8 Å². The van der Waals surface area contributed by atoms with E-state index in [1.165, 1.54) is 16.7 Å². The van der Waals surface area contributed by atoms with E-state index >= 15 is 0 Å². The Balaban J connectivity index is 2.60. The number of carboxylic acids is 1. The highest BCUT2D eigenvalue weighted by Crippen LogP contribution is 2.13. The molecular weight excluding hydrogens is 240 g/mol. The van der Waals surface area contributed by atoms with E-state index in [-0.39, 0.29) is 25.7 Å². The van der Waals surface area contributed by atoms with Crippen LogP contribution >= 0.6 is 0 Å². The first kappa shape index (κ1) is 14.7. The number of likely N-dealkylation sites (tertiary alicyclic amines) is 1. The molecular formula is C11H20N2O5. The summed E-state index contributed by atoms with van der Waals surface area (Å²) in [6.07, 6.45) is -1.85. The number of aliphatic hydroxyl groups excluding tert-OH is 2. The number of carboxylic acid groups (broad SMARTS) is 1. The van der Waals surface area contributed by atoms with Crippen LogP contribution in [0.5, 0.6) is 0 Å². The average molecular weight is 260 g/mol. The first-order valence-corrected chi connectivity index (χ1v) is 5.99. The van der Waals surface area contributed by atoms with Crippen molar-refractivity contribution < 1.29 is 24.9 Å². The third-order valence-corrected chi connectivity index (χ3v) is 3.10. The summed E-state index contributed by atoms with van der Waals surface area (Å²) in [6, 6.07) is -0.346. The zero-order chi connectivity index (χ0) is 13.9. The van der Waals surface area contributed by atoms with E-state index < -0.39 is 24.1 Å². The highest BCUT2D eigenvalue weighted by molar-refractivity contribution is 5.76. The summed E-state index contributed by atoms with van der Waals surface area (Å²) >= 11 is 0. The molecule has 2 amide bonds. The fraction of sp³-hybridized carbons (Fsp3) is 0.818. The fourth-order valence-corrected chi connectivity index (χ4v) is 1.88. The van der Waals surface area contributed by atoms with Gasteiger partial charge in [0.15, 0.2) is 0 Å². The van der Waals surface area contributed by atoms with Crippen molar-refractivity contribution in [3.05, 3.63) is 0 Å². The van der Waals surface area contributed by atoms with Crippen molar-refractivity contribution in [2.45, 2.75) is 26.1 Å². The smallest absolute Gasteiger partial charge is 0.320 e. The number of nitrogens with zero attached hydrogens (tertiary/aromatic N) is 2. The molecule has 0 saturated carbocycles. The molecule has 1 aliphatic rings. The molecule has 0 aromatic rings. The van der Waals surface area contributed by atoms with Crippen LogP contribution in [0, 0.1) is 5.92 Å². The van der Waals surface area contributed by atoms with Gasteiger partial charge in [0.25, 0.3) is 0 Å². The Labute approximate surface area is 106 Å². The van der Waals surface area contributed by atoms with Crippen LogP contribution in [0.4, 0.5) is 4.79 Å². The van der Waals surface area contributed by atoms with Crippen LogP contribution in [0.1, 0.15) is 13.8 Å². The van der Waals surface area contributed by atoms with Gasteiger partial charge in [-0.15, -0.1) is 0 Å². The van der Waals surface area contributed by atoms with Gasteiger partial charge in [-0.05, 0) is 6.92 Å². The minimum Gasteiger partial charge on any atom is -0.481 e. The van der Waals surface area contributed by atoms with E-state index in [1.54, 1.807) is 6.92 Å². The summed E-state index contributed by atoms with van der Waals surface area (Å²) in [5.74, 6) is -1.60. The van der Waals surface area contributed by atoms with Crippen molar-refractivity contribution in [1.82, 2.24) is 9.80 Å². The van der Waals surface area contributed by atoms with Crippen molar-refractivity contribution in [3.8, 4) is 0 Å². The second-order valence-corrected chi connectivity index (χ2v) is 4.60. The Bertz CT molecular complexity index is 313. The maximum absolute atomic E-state index is 12.1. The largest absolute Gasteiger partial charge is 0.481 e. The summed E-state index contributed by atoms with van der Waals surface area (Å²) in [5.41, 5.74) is 0. The molecule has 7 nitrogen and oxygen atoms in total. The number of amides is 2. The number of aliphatic hydroxyl groups is 2. The molecule has 0 radical (unpaired) electrons. The number of carbonyl (C=O) groups excluding carboxylic acids is 1. The lowest BCUT2D eigenvalue weighted by atomic mass is 10.2. The minimum atomic E-state index is -0.956. The predicted octanol–water partition coefficient (Wildman–Crippen LogP) is -0.814. The van der Waals surface area contributed by atoms with Crippen LogP contribution in [0.15, 0.2) is 0 Å². The van der Waals surface area contributed by atoms with Crippen molar-refractivity contribution >= 4 is 12.0 Å². The molecule has 0 aromatic carbocycles. The van der Waals surface area contributed by atoms with Gasteiger partial charge in [0, 0.05) is 13.1 Å². The zero-order valence-corrected chi connectivity index (χ0v) is 10.6. The van der Waals surface area contributed by atoms with Gasteiger partial charge in [0.2, 0.25) is 0 Å². The SMILES string of the molecule is CCN(CC(C)C(=O)O)C(=O)N1CC(O)C(O)C1.